The lowest BCUT2D eigenvalue weighted by atomic mass is 9.63. The van der Waals surface area contributed by atoms with Crippen molar-refractivity contribution in [3.8, 4) is 0 Å². The molecule has 0 aromatic heterocycles. The highest BCUT2D eigenvalue weighted by atomic mass is 16.7. The average molecular weight is 496 g/mol. The number of carbonyl (C=O) groups excluding carboxylic acids is 3. The van der Waals surface area contributed by atoms with E-state index in [2.05, 4.69) is 5.32 Å². The Morgan fingerprint density at radius 2 is 1.81 bits per heavy atom. The van der Waals surface area contributed by atoms with E-state index in [0.717, 1.165) is 23.5 Å². The fraction of sp³-hybridized carbons (Fsp3) is 0.464. The summed E-state index contributed by atoms with van der Waals surface area (Å²) in [4.78, 5) is 39.3. The molecule has 3 aliphatic rings. The number of rotatable bonds is 2. The molecule has 0 unspecified atom stereocenters. The molecule has 1 aromatic carbocycles. The molecule has 2 heterocycles. The predicted octanol–water partition coefficient (Wildman–Crippen LogP) is 2.99. The second-order valence-electron chi connectivity index (χ2n) is 10.2. The quantitative estimate of drug-likeness (QED) is 0.426. The molecule has 1 saturated heterocycles. The third-order valence-corrected chi connectivity index (χ3v) is 7.79. The van der Waals surface area contributed by atoms with Crippen molar-refractivity contribution in [3.63, 3.8) is 0 Å². The summed E-state index contributed by atoms with van der Waals surface area (Å²) in [5, 5.41) is 24.8. The van der Waals surface area contributed by atoms with Gasteiger partial charge < -0.3 is 25.0 Å². The first-order chi connectivity index (χ1) is 17.0. The Hall–Kier alpha value is -3.23. The Balaban J connectivity index is 1.82. The van der Waals surface area contributed by atoms with Crippen molar-refractivity contribution >= 4 is 17.8 Å². The van der Waals surface area contributed by atoms with Crippen molar-refractivity contribution in [1.82, 2.24) is 5.32 Å². The summed E-state index contributed by atoms with van der Waals surface area (Å²) in [6.07, 6.45) is 3.84. The van der Waals surface area contributed by atoms with Crippen molar-refractivity contribution in [1.29, 1.82) is 0 Å². The number of Topliss-reactive ketones (excluding diaryl/α,β-unsaturated/α-hetero) is 1. The molecule has 8 heteroatoms. The van der Waals surface area contributed by atoms with Gasteiger partial charge in [0.15, 0.2) is 5.78 Å². The van der Waals surface area contributed by atoms with E-state index >= 15 is 0 Å². The van der Waals surface area contributed by atoms with Gasteiger partial charge in [0.1, 0.15) is 5.60 Å². The van der Waals surface area contributed by atoms with Gasteiger partial charge in [0, 0.05) is 12.0 Å². The maximum atomic E-state index is 13.7. The SMILES string of the molecule is CC1=C(C)[C@H]2[C@H](Cc3ccccc3)NC(=O)[C@@]23OC(=O)O/C=C/[C@@](C)(O)C(=O)[C@@H](C)C/C=C/[C@H]3[C@@H]1O. The van der Waals surface area contributed by atoms with E-state index in [9.17, 15) is 24.6 Å². The van der Waals surface area contributed by atoms with E-state index in [4.69, 9.17) is 9.47 Å². The first-order valence-corrected chi connectivity index (χ1v) is 12.2. The molecule has 8 nitrogen and oxygen atoms in total. The number of nitrogens with one attached hydrogen (secondary N) is 1. The summed E-state index contributed by atoms with van der Waals surface area (Å²) in [7, 11) is 0. The number of amides is 1. The van der Waals surface area contributed by atoms with Gasteiger partial charge in [0.05, 0.1) is 24.2 Å². The summed E-state index contributed by atoms with van der Waals surface area (Å²) in [6.45, 7) is 6.65. The van der Waals surface area contributed by atoms with E-state index in [1.807, 2.05) is 44.2 Å². The zero-order chi connectivity index (χ0) is 26.3. The van der Waals surface area contributed by atoms with Crippen LogP contribution in [0.5, 0.6) is 0 Å². The number of hydrogen-bond acceptors (Lipinski definition) is 7. The van der Waals surface area contributed by atoms with Crippen LogP contribution in [0.2, 0.25) is 0 Å². The second-order valence-corrected chi connectivity index (χ2v) is 10.2. The minimum absolute atomic E-state index is 0.262. The molecule has 1 amide bonds. The molecule has 0 saturated carbocycles. The smallest absolute Gasteiger partial charge is 0.416 e. The fourth-order valence-corrected chi connectivity index (χ4v) is 5.73. The van der Waals surface area contributed by atoms with Gasteiger partial charge in [0.25, 0.3) is 5.91 Å². The van der Waals surface area contributed by atoms with Gasteiger partial charge in [-0.15, -0.1) is 0 Å². The molecule has 1 spiro atoms. The van der Waals surface area contributed by atoms with Crippen molar-refractivity contribution in [2.45, 2.75) is 63.9 Å². The number of carbonyl (C=O) groups is 3. The second kappa shape index (κ2) is 9.67. The first-order valence-electron chi connectivity index (χ1n) is 12.2. The minimum Gasteiger partial charge on any atom is -0.416 e. The molecule has 36 heavy (non-hydrogen) atoms. The molecule has 0 radical (unpaired) electrons. The number of benzene rings is 1. The van der Waals surface area contributed by atoms with Gasteiger partial charge in [-0.2, -0.15) is 0 Å². The summed E-state index contributed by atoms with van der Waals surface area (Å²) >= 11 is 0. The number of aliphatic hydroxyl groups excluding tert-OH is 1. The van der Waals surface area contributed by atoms with E-state index in [1.54, 1.807) is 19.1 Å². The highest BCUT2D eigenvalue weighted by Crippen LogP contribution is 2.50. The Bertz CT molecular complexity index is 1140. The zero-order valence-electron chi connectivity index (χ0n) is 20.9. The maximum absolute atomic E-state index is 13.7. The van der Waals surface area contributed by atoms with Crippen molar-refractivity contribution in [3.05, 3.63) is 71.5 Å². The molecule has 2 aliphatic heterocycles. The van der Waals surface area contributed by atoms with Crippen LogP contribution < -0.4 is 5.32 Å². The van der Waals surface area contributed by atoms with Crippen LogP contribution in [0.25, 0.3) is 0 Å². The van der Waals surface area contributed by atoms with Gasteiger partial charge in [-0.1, -0.05) is 55.0 Å². The monoisotopic (exact) mass is 495 g/mol. The van der Waals surface area contributed by atoms with Gasteiger partial charge in [-0.25, -0.2) is 4.79 Å². The summed E-state index contributed by atoms with van der Waals surface area (Å²) in [6, 6.07) is 9.29. The molecule has 7 atom stereocenters. The number of aliphatic hydroxyl groups is 2. The van der Waals surface area contributed by atoms with Crippen molar-refractivity contribution < 1.29 is 34.1 Å². The van der Waals surface area contributed by atoms with Crippen LogP contribution in [0.15, 0.2) is 66.0 Å². The predicted molar refractivity (Wildman–Crippen MR) is 131 cm³/mol. The first kappa shape index (κ1) is 25.9. The Morgan fingerprint density at radius 3 is 2.50 bits per heavy atom. The molecule has 192 valence electrons. The Labute approximate surface area is 210 Å². The standard InChI is InChI=1S/C28H33NO7/c1-16-9-8-12-20-23(30)18(3)17(2)22-21(15-19-10-6-5-7-11-19)29-25(32)28(20,22)36-26(33)35-14-13-27(4,34)24(16)31/h5-8,10-14,16,20-23,30,34H,9,15H2,1-4H3,(H,29,32)/b12-8+,14-13+/t16-,20-,21-,22-,23+,27+,28-/m0/s1. The molecular formula is C28H33NO7. The minimum atomic E-state index is -1.85. The Kier molecular flexibility index (Phi) is 6.94. The molecule has 1 aromatic rings. The van der Waals surface area contributed by atoms with Crippen molar-refractivity contribution in [2.75, 3.05) is 0 Å². The molecular weight excluding hydrogens is 462 g/mol. The summed E-state index contributed by atoms with van der Waals surface area (Å²) in [5.41, 5.74) is -1.13. The molecule has 4 rings (SSSR count). The van der Waals surface area contributed by atoms with Crippen LogP contribution in [0.1, 0.15) is 39.7 Å². The lowest BCUT2D eigenvalue weighted by molar-refractivity contribution is -0.151. The third kappa shape index (κ3) is 4.40. The van der Waals surface area contributed by atoms with E-state index in [1.165, 1.54) is 6.92 Å². The van der Waals surface area contributed by atoms with Gasteiger partial charge >= 0.3 is 6.16 Å². The molecule has 1 fully saturated rings. The fourth-order valence-electron chi connectivity index (χ4n) is 5.73. The zero-order valence-corrected chi connectivity index (χ0v) is 20.9. The normalized spacial score (nSPS) is 38.8. The molecule has 1 aliphatic carbocycles. The number of ketones is 1. The number of cyclic esters (lactones) is 1. The van der Waals surface area contributed by atoms with Crippen LogP contribution in [-0.2, 0) is 25.5 Å². The summed E-state index contributed by atoms with van der Waals surface area (Å²) in [5.74, 6) is -3.00. The van der Waals surface area contributed by atoms with Gasteiger partial charge in [-0.05, 0) is 50.8 Å². The highest BCUT2D eigenvalue weighted by molar-refractivity contribution is 5.93. The maximum Gasteiger partial charge on any atom is 0.514 e. The molecule has 0 bridgehead atoms. The van der Waals surface area contributed by atoms with Crippen LogP contribution in [0.3, 0.4) is 0 Å². The third-order valence-electron chi connectivity index (χ3n) is 7.79. The van der Waals surface area contributed by atoms with E-state index in [-0.39, 0.29) is 6.42 Å². The average Bonchev–Trinajstić information content (AvgIpc) is 3.10. The number of allylic oxidation sites excluding steroid dienone is 1. The number of ether oxygens (including phenoxy) is 2. The van der Waals surface area contributed by atoms with E-state index < -0.39 is 58.9 Å². The largest absolute Gasteiger partial charge is 0.514 e. The molecule has 3 N–H and O–H groups in total. The summed E-state index contributed by atoms with van der Waals surface area (Å²) < 4.78 is 10.9. The van der Waals surface area contributed by atoms with Crippen LogP contribution in [0, 0.1) is 17.8 Å². The van der Waals surface area contributed by atoms with Crippen LogP contribution in [-0.4, -0.2) is 51.4 Å². The van der Waals surface area contributed by atoms with Crippen LogP contribution in [0.4, 0.5) is 4.79 Å². The van der Waals surface area contributed by atoms with Crippen molar-refractivity contribution in [2.24, 2.45) is 17.8 Å². The van der Waals surface area contributed by atoms with Gasteiger partial charge in [-0.3, -0.25) is 9.59 Å². The Morgan fingerprint density at radius 1 is 1.11 bits per heavy atom. The van der Waals surface area contributed by atoms with Crippen LogP contribution >= 0.6 is 0 Å². The number of hydrogen-bond donors (Lipinski definition) is 3. The topological polar surface area (TPSA) is 122 Å². The van der Waals surface area contributed by atoms with E-state index in [0.29, 0.717) is 12.0 Å². The lowest BCUT2D eigenvalue weighted by Gasteiger charge is -2.45. The highest BCUT2D eigenvalue weighted by Gasteiger charge is 2.66. The lowest BCUT2D eigenvalue weighted by Crippen LogP contribution is -2.59. The van der Waals surface area contributed by atoms with Gasteiger partial charge in [0.2, 0.25) is 5.60 Å².